The second-order valence-corrected chi connectivity index (χ2v) is 13.1. The second kappa shape index (κ2) is 12.3. The summed E-state index contributed by atoms with van der Waals surface area (Å²) in [4.78, 5) is 34.5. The lowest BCUT2D eigenvalue weighted by Crippen LogP contribution is -2.57. The predicted octanol–water partition coefficient (Wildman–Crippen LogP) is 2.66. The van der Waals surface area contributed by atoms with E-state index in [0.29, 0.717) is 35.8 Å². The Morgan fingerprint density at radius 2 is 1.95 bits per heavy atom. The number of ether oxygens (including phenoxy) is 2. The minimum absolute atomic E-state index is 0.0373. The Hall–Kier alpha value is -2.57. The minimum Gasteiger partial charge on any atom is -0.497 e. The number of aliphatic hydroxyl groups is 2. The van der Waals surface area contributed by atoms with E-state index in [9.17, 15) is 19.8 Å². The monoisotopic (exact) mass is 586 g/mol. The van der Waals surface area contributed by atoms with E-state index in [2.05, 4.69) is 22.5 Å². The Morgan fingerprint density at radius 3 is 2.63 bits per heavy atom. The zero-order valence-corrected chi connectivity index (χ0v) is 25.0. The molecule has 2 heterocycles. The Kier molecular flexibility index (Phi) is 9.01. The Labute approximate surface area is 245 Å². The first-order chi connectivity index (χ1) is 19.7. The van der Waals surface area contributed by atoms with E-state index in [4.69, 9.17) is 14.5 Å². The molecule has 5 rings (SSSR count). The molecule has 4 N–H and O–H groups in total. The maximum absolute atomic E-state index is 13.3. The van der Waals surface area contributed by atoms with Crippen molar-refractivity contribution in [2.75, 3.05) is 58.4 Å². The maximum atomic E-state index is 13.3. The number of carbonyl (C=O) groups excluding carboxylic acids is 2. The van der Waals surface area contributed by atoms with Crippen LogP contribution in [0.4, 0.5) is 5.13 Å². The number of benzene rings is 1. The van der Waals surface area contributed by atoms with Crippen LogP contribution in [0.25, 0.3) is 0 Å². The van der Waals surface area contributed by atoms with Crippen molar-refractivity contribution in [2.45, 2.75) is 51.6 Å². The molecule has 0 radical (unpaired) electrons. The molecule has 2 amide bonds. The van der Waals surface area contributed by atoms with Gasteiger partial charge in [-0.05, 0) is 54.9 Å². The van der Waals surface area contributed by atoms with Gasteiger partial charge in [-0.15, -0.1) is 11.3 Å². The Bertz CT molecular complexity index is 1230. The second-order valence-electron chi connectivity index (χ2n) is 12.1. The number of aromatic nitrogens is 1. The van der Waals surface area contributed by atoms with Crippen LogP contribution in [0.1, 0.15) is 60.0 Å². The molecule has 1 aliphatic heterocycles. The fraction of sp³-hybridized carbons (Fsp3) is 0.633. The lowest BCUT2D eigenvalue weighted by molar-refractivity contribution is -0.144. The van der Waals surface area contributed by atoms with Crippen LogP contribution in [0.3, 0.4) is 0 Å². The van der Waals surface area contributed by atoms with E-state index in [1.165, 1.54) is 11.3 Å². The molecule has 0 bridgehead atoms. The van der Waals surface area contributed by atoms with Gasteiger partial charge in [0, 0.05) is 54.4 Å². The third kappa shape index (κ3) is 6.01. The van der Waals surface area contributed by atoms with Gasteiger partial charge in [0.25, 0.3) is 5.91 Å². The van der Waals surface area contributed by atoms with Gasteiger partial charge in [0.1, 0.15) is 5.75 Å². The molecule has 5 atom stereocenters. The van der Waals surface area contributed by atoms with E-state index in [0.717, 1.165) is 49.8 Å². The van der Waals surface area contributed by atoms with Crippen molar-refractivity contribution < 1.29 is 29.3 Å². The van der Waals surface area contributed by atoms with E-state index in [1.54, 1.807) is 31.4 Å². The molecule has 1 aromatic carbocycles. The third-order valence-corrected chi connectivity index (χ3v) is 10.7. The number of rotatable bonds is 9. The lowest BCUT2D eigenvalue weighted by Gasteiger charge is -2.58. The summed E-state index contributed by atoms with van der Waals surface area (Å²) < 4.78 is 10.6. The van der Waals surface area contributed by atoms with Crippen LogP contribution < -0.4 is 15.4 Å². The van der Waals surface area contributed by atoms with Crippen LogP contribution in [0.5, 0.6) is 5.75 Å². The largest absolute Gasteiger partial charge is 0.497 e. The Morgan fingerprint density at radius 1 is 1.22 bits per heavy atom. The number of morpholine rings is 1. The van der Waals surface area contributed by atoms with Crippen molar-refractivity contribution >= 4 is 28.3 Å². The molecule has 1 saturated carbocycles. The van der Waals surface area contributed by atoms with Crippen LogP contribution in [0, 0.1) is 16.7 Å². The predicted molar refractivity (Wildman–Crippen MR) is 156 cm³/mol. The fourth-order valence-electron chi connectivity index (χ4n) is 7.05. The highest BCUT2D eigenvalue weighted by atomic mass is 32.1. The van der Waals surface area contributed by atoms with Gasteiger partial charge in [-0.2, -0.15) is 0 Å². The molecule has 41 heavy (non-hydrogen) atoms. The van der Waals surface area contributed by atoms with Crippen LogP contribution in [0.2, 0.25) is 0 Å². The molecular formula is C30H42N4O6S. The van der Waals surface area contributed by atoms with Crippen LogP contribution >= 0.6 is 11.3 Å². The van der Waals surface area contributed by atoms with Gasteiger partial charge in [-0.3, -0.25) is 19.8 Å². The van der Waals surface area contributed by atoms with Crippen molar-refractivity contribution in [3.63, 3.8) is 0 Å². The minimum atomic E-state index is -0.702. The smallest absolute Gasteiger partial charge is 0.257 e. The lowest BCUT2D eigenvalue weighted by atomic mass is 9.47. The third-order valence-electron chi connectivity index (χ3n) is 9.71. The number of methoxy groups -OCH3 is 1. The standard InChI is InChI=1S/C30H42N4O6S/c1-29-9-8-24(36)30(2,18-35)23(29)17-22-26(21(29)16-25(37)31-10-11-34-12-14-40-15-13-34)32-28(41-22)33-27(38)19-4-6-20(39-3)7-5-19/h4-7,21,23-24,35-36H,8-18H2,1-3H3,(H,31,37)(H,32,33,38). The van der Waals surface area contributed by atoms with E-state index < -0.39 is 11.5 Å². The molecule has 0 spiro atoms. The SMILES string of the molecule is COc1ccc(C(=O)Nc2nc3c(s2)CC2C(C)(CO)C(O)CCC2(C)C3CC(=O)NCCN2CCOCC2)cc1. The van der Waals surface area contributed by atoms with Crippen molar-refractivity contribution in [3.05, 3.63) is 40.4 Å². The molecule has 5 unspecified atom stereocenters. The summed E-state index contributed by atoms with van der Waals surface area (Å²) in [5, 5.41) is 28.0. The number of thiazole rings is 1. The number of carbonyl (C=O) groups is 2. The summed E-state index contributed by atoms with van der Waals surface area (Å²) >= 11 is 1.42. The summed E-state index contributed by atoms with van der Waals surface area (Å²) in [7, 11) is 1.58. The number of aliphatic hydroxyl groups excluding tert-OH is 2. The number of fused-ring (bicyclic) bond motifs is 2. The highest BCUT2D eigenvalue weighted by Crippen LogP contribution is 2.62. The first-order valence-electron chi connectivity index (χ1n) is 14.5. The summed E-state index contributed by atoms with van der Waals surface area (Å²) in [6.07, 6.45) is 1.55. The van der Waals surface area contributed by atoms with E-state index in [1.807, 2.05) is 6.92 Å². The molecule has 3 aliphatic rings. The number of amides is 2. The van der Waals surface area contributed by atoms with Crippen LogP contribution in [0.15, 0.2) is 24.3 Å². The van der Waals surface area contributed by atoms with Crippen LogP contribution in [-0.4, -0.2) is 91.1 Å². The number of hydrogen-bond donors (Lipinski definition) is 4. The topological polar surface area (TPSA) is 133 Å². The number of anilines is 1. The van der Waals surface area contributed by atoms with Gasteiger partial charge >= 0.3 is 0 Å². The number of nitrogens with zero attached hydrogens (tertiary/aromatic N) is 2. The molecule has 1 saturated heterocycles. The highest BCUT2D eigenvalue weighted by molar-refractivity contribution is 7.15. The van der Waals surface area contributed by atoms with E-state index in [-0.39, 0.29) is 42.1 Å². The molecule has 2 aliphatic carbocycles. The summed E-state index contributed by atoms with van der Waals surface area (Å²) in [5.41, 5.74) is 0.286. The number of nitrogens with one attached hydrogen (secondary N) is 2. The molecule has 11 heteroatoms. The van der Waals surface area contributed by atoms with Crippen molar-refractivity contribution in [2.24, 2.45) is 16.7 Å². The molecule has 2 aromatic rings. The normalized spacial score (nSPS) is 29.7. The fourth-order valence-corrected chi connectivity index (χ4v) is 8.11. The Balaban J connectivity index is 1.38. The van der Waals surface area contributed by atoms with Crippen LogP contribution in [-0.2, 0) is 16.0 Å². The average molecular weight is 587 g/mol. The first-order valence-corrected chi connectivity index (χ1v) is 15.3. The molecule has 10 nitrogen and oxygen atoms in total. The average Bonchev–Trinajstić information content (AvgIpc) is 3.38. The zero-order valence-electron chi connectivity index (χ0n) is 24.1. The molecule has 1 aromatic heterocycles. The van der Waals surface area contributed by atoms with Gasteiger partial charge in [-0.1, -0.05) is 13.8 Å². The molecular weight excluding hydrogens is 544 g/mol. The van der Waals surface area contributed by atoms with Gasteiger partial charge < -0.3 is 25.0 Å². The molecule has 2 fully saturated rings. The summed E-state index contributed by atoms with van der Waals surface area (Å²) in [6, 6.07) is 6.88. The molecule has 224 valence electrons. The van der Waals surface area contributed by atoms with E-state index >= 15 is 0 Å². The van der Waals surface area contributed by atoms with Gasteiger partial charge in [0.05, 0.1) is 38.7 Å². The van der Waals surface area contributed by atoms with Crippen molar-refractivity contribution in [1.82, 2.24) is 15.2 Å². The zero-order chi connectivity index (χ0) is 29.2. The van der Waals surface area contributed by atoms with Gasteiger partial charge in [-0.25, -0.2) is 4.98 Å². The first kappa shape index (κ1) is 29.9. The maximum Gasteiger partial charge on any atom is 0.257 e. The highest BCUT2D eigenvalue weighted by Gasteiger charge is 2.59. The summed E-state index contributed by atoms with van der Waals surface area (Å²) in [5.74, 6) is 0.108. The summed E-state index contributed by atoms with van der Waals surface area (Å²) in [6.45, 7) is 8.51. The van der Waals surface area contributed by atoms with Crippen molar-refractivity contribution in [1.29, 1.82) is 0 Å². The van der Waals surface area contributed by atoms with Gasteiger partial charge in [0.2, 0.25) is 5.91 Å². The van der Waals surface area contributed by atoms with Gasteiger partial charge in [0.15, 0.2) is 5.13 Å². The quantitative estimate of drug-likeness (QED) is 0.353. The van der Waals surface area contributed by atoms with Crippen molar-refractivity contribution in [3.8, 4) is 5.75 Å². The number of hydrogen-bond acceptors (Lipinski definition) is 9.